The van der Waals surface area contributed by atoms with Crippen molar-refractivity contribution in [1.29, 1.82) is 0 Å². The van der Waals surface area contributed by atoms with Gasteiger partial charge < -0.3 is 5.11 Å². The van der Waals surface area contributed by atoms with Gasteiger partial charge in [0.2, 0.25) is 0 Å². The molecule has 0 saturated heterocycles. The van der Waals surface area contributed by atoms with Crippen molar-refractivity contribution in [2.75, 3.05) is 5.75 Å². The van der Waals surface area contributed by atoms with Crippen molar-refractivity contribution < 1.29 is 9.90 Å². The third kappa shape index (κ3) is 1.55. The van der Waals surface area contributed by atoms with Crippen LogP contribution in [0, 0.1) is 5.92 Å². The fourth-order valence-corrected chi connectivity index (χ4v) is 3.56. The summed E-state index contributed by atoms with van der Waals surface area (Å²) in [6, 6.07) is 0. The molecule has 0 bridgehead atoms. The molecule has 1 aliphatic heterocycles. The van der Waals surface area contributed by atoms with E-state index in [2.05, 4.69) is 5.41 Å². The molecule has 12 heavy (non-hydrogen) atoms. The standard InChI is InChI=1S/C9H12O2S/c10-9(11)8-2-1-5-12(8)6-7-3-4-7/h1-2,5,7,12H,3-4,6H2,(H,10,11). The molecule has 0 amide bonds. The number of aliphatic carboxylic acids is 1. The Morgan fingerprint density at radius 2 is 2.42 bits per heavy atom. The molecule has 66 valence electrons. The van der Waals surface area contributed by atoms with Gasteiger partial charge in [0.25, 0.3) is 0 Å². The molecule has 0 aromatic rings. The summed E-state index contributed by atoms with van der Waals surface area (Å²) in [5.74, 6) is 1.19. The third-order valence-corrected chi connectivity index (χ3v) is 4.60. The van der Waals surface area contributed by atoms with Crippen LogP contribution in [0.1, 0.15) is 12.8 Å². The smallest absolute Gasteiger partial charge is 0.340 e. The Hall–Kier alpha value is -0.700. The van der Waals surface area contributed by atoms with Gasteiger partial charge in [-0.15, -0.1) is 0 Å². The predicted molar refractivity (Wildman–Crippen MR) is 51.4 cm³/mol. The lowest BCUT2D eigenvalue weighted by Crippen LogP contribution is -2.01. The average molecular weight is 184 g/mol. The number of hydrogen-bond acceptors (Lipinski definition) is 1. The second kappa shape index (κ2) is 2.98. The van der Waals surface area contributed by atoms with Crippen molar-refractivity contribution in [1.82, 2.24) is 0 Å². The van der Waals surface area contributed by atoms with Gasteiger partial charge in [-0.05, 0) is 36.0 Å². The monoisotopic (exact) mass is 184 g/mol. The summed E-state index contributed by atoms with van der Waals surface area (Å²) in [6.45, 7) is 0. The van der Waals surface area contributed by atoms with Gasteiger partial charge in [0, 0.05) is 0 Å². The van der Waals surface area contributed by atoms with Gasteiger partial charge >= 0.3 is 5.97 Å². The summed E-state index contributed by atoms with van der Waals surface area (Å²) in [5, 5.41) is 10.9. The zero-order valence-corrected chi connectivity index (χ0v) is 7.63. The molecule has 0 spiro atoms. The van der Waals surface area contributed by atoms with Crippen LogP contribution in [0.4, 0.5) is 0 Å². The molecule has 2 rings (SSSR count). The molecule has 1 N–H and O–H groups in total. The van der Waals surface area contributed by atoms with Gasteiger partial charge in [-0.1, -0.05) is 6.08 Å². The van der Waals surface area contributed by atoms with E-state index in [-0.39, 0.29) is 0 Å². The molecule has 1 aliphatic carbocycles. The number of thiol groups is 1. The molecule has 0 radical (unpaired) electrons. The second-order valence-corrected chi connectivity index (χ2v) is 5.38. The topological polar surface area (TPSA) is 37.3 Å². The quantitative estimate of drug-likeness (QED) is 0.657. The molecule has 1 atom stereocenters. The maximum absolute atomic E-state index is 10.7. The highest BCUT2D eigenvalue weighted by Gasteiger charge is 2.27. The van der Waals surface area contributed by atoms with E-state index >= 15 is 0 Å². The van der Waals surface area contributed by atoms with E-state index in [0.29, 0.717) is 4.91 Å². The number of rotatable bonds is 3. The molecule has 2 aliphatic rings. The van der Waals surface area contributed by atoms with E-state index in [0.717, 1.165) is 11.7 Å². The van der Waals surface area contributed by atoms with Crippen molar-refractivity contribution in [3.8, 4) is 0 Å². The first-order valence-electron chi connectivity index (χ1n) is 4.16. The SMILES string of the molecule is O=C(O)C1=CC=C[SH]1CC1CC1. The van der Waals surface area contributed by atoms with Gasteiger partial charge in [0.15, 0.2) is 0 Å². The average Bonchev–Trinajstić information content (AvgIpc) is 2.66. The first-order valence-corrected chi connectivity index (χ1v) is 5.75. The van der Waals surface area contributed by atoms with E-state index in [4.69, 9.17) is 5.11 Å². The minimum absolute atomic E-state index is 0.444. The maximum Gasteiger partial charge on any atom is 0.340 e. The molecule has 0 aromatic carbocycles. The minimum Gasteiger partial charge on any atom is -0.477 e. The largest absolute Gasteiger partial charge is 0.477 e. The fourth-order valence-electron chi connectivity index (χ4n) is 1.35. The zero-order valence-electron chi connectivity index (χ0n) is 6.73. The molecule has 3 heteroatoms. The summed E-state index contributed by atoms with van der Waals surface area (Å²) in [6.07, 6.45) is 6.24. The highest BCUT2D eigenvalue weighted by molar-refractivity contribution is 8.23. The number of carboxylic acids is 1. The highest BCUT2D eigenvalue weighted by Crippen LogP contribution is 2.47. The Labute approximate surface area is 74.3 Å². The van der Waals surface area contributed by atoms with E-state index in [1.54, 1.807) is 6.08 Å². The predicted octanol–water partition coefficient (Wildman–Crippen LogP) is 1.89. The Balaban J connectivity index is 2.00. The van der Waals surface area contributed by atoms with Crippen LogP contribution in [0.15, 0.2) is 22.5 Å². The van der Waals surface area contributed by atoms with Gasteiger partial charge in [0.05, 0.1) is 4.91 Å². The Bertz CT molecular complexity index is 264. The normalized spacial score (nSPS) is 30.3. The van der Waals surface area contributed by atoms with Gasteiger partial charge in [-0.3, -0.25) is 0 Å². The van der Waals surface area contributed by atoms with Gasteiger partial charge in [-0.25, -0.2) is 4.79 Å². The molecule has 0 aromatic heterocycles. The fraction of sp³-hybridized carbons (Fsp3) is 0.444. The Kier molecular flexibility index (Phi) is 1.97. The van der Waals surface area contributed by atoms with Crippen molar-refractivity contribution in [3.05, 3.63) is 22.5 Å². The first-order chi connectivity index (χ1) is 5.77. The Morgan fingerprint density at radius 1 is 1.67 bits per heavy atom. The summed E-state index contributed by atoms with van der Waals surface area (Å²) in [5.41, 5.74) is 0. The summed E-state index contributed by atoms with van der Waals surface area (Å²) in [4.78, 5) is 11.4. The van der Waals surface area contributed by atoms with Crippen LogP contribution >= 0.6 is 10.9 Å². The van der Waals surface area contributed by atoms with E-state index in [9.17, 15) is 4.79 Å². The summed E-state index contributed by atoms with van der Waals surface area (Å²) >= 11 is 0. The molecule has 1 unspecified atom stereocenters. The van der Waals surface area contributed by atoms with Crippen molar-refractivity contribution in [2.45, 2.75) is 12.8 Å². The lowest BCUT2D eigenvalue weighted by atomic mass is 10.5. The van der Waals surface area contributed by atoms with Crippen LogP contribution in [0.2, 0.25) is 0 Å². The van der Waals surface area contributed by atoms with Crippen LogP contribution in [-0.4, -0.2) is 16.8 Å². The lowest BCUT2D eigenvalue weighted by molar-refractivity contribution is -0.131. The minimum atomic E-state index is -0.730. The van der Waals surface area contributed by atoms with Crippen molar-refractivity contribution in [2.24, 2.45) is 5.92 Å². The maximum atomic E-state index is 10.7. The third-order valence-electron chi connectivity index (χ3n) is 2.20. The lowest BCUT2D eigenvalue weighted by Gasteiger charge is -2.13. The second-order valence-electron chi connectivity index (χ2n) is 3.29. The van der Waals surface area contributed by atoms with Crippen LogP contribution in [0.25, 0.3) is 0 Å². The zero-order chi connectivity index (χ0) is 8.55. The van der Waals surface area contributed by atoms with Gasteiger partial charge in [-0.2, -0.15) is 10.9 Å². The molecular formula is C9H12O2S. The van der Waals surface area contributed by atoms with E-state index in [1.165, 1.54) is 12.8 Å². The summed E-state index contributed by atoms with van der Waals surface area (Å²) in [7, 11) is -0.444. The van der Waals surface area contributed by atoms with Crippen LogP contribution in [-0.2, 0) is 4.79 Å². The molecule has 1 saturated carbocycles. The van der Waals surface area contributed by atoms with Crippen LogP contribution < -0.4 is 0 Å². The van der Waals surface area contributed by atoms with Crippen molar-refractivity contribution >= 4 is 16.9 Å². The first kappa shape index (κ1) is 7.92. The molecular weight excluding hydrogens is 172 g/mol. The highest BCUT2D eigenvalue weighted by atomic mass is 32.2. The molecule has 1 heterocycles. The van der Waals surface area contributed by atoms with Crippen molar-refractivity contribution in [3.63, 3.8) is 0 Å². The molecule has 2 nitrogen and oxygen atoms in total. The van der Waals surface area contributed by atoms with Crippen LogP contribution in [0.3, 0.4) is 0 Å². The number of hydrogen-bond donors (Lipinski definition) is 2. The number of allylic oxidation sites excluding steroid dienone is 2. The van der Waals surface area contributed by atoms with Crippen LogP contribution in [0.5, 0.6) is 0 Å². The van der Waals surface area contributed by atoms with Gasteiger partial charge in [0.1, 0.15) is 0 Å². The number of carbonyl (C=O) groups is 1. The summed E-state index contributed by atoms with van der Waals surface area (Å²) < 4.78 is 0. The van der Waals surface area contributed by atoms with E-state index in [1.807, 2.05) is 6.08 Å². The molecule has 1 fully saturated rings. The Morgan fingerprint density at radius 3 is 3.00 bits per heavy atom. The van der Waals surface area contributed by atoms with E-state index < -0.39 is 16.9 Å². The number of carboxylic acid groups (broad SMARTS) is 1.